The molecule has 4 N–H and O–H groups in total. The van der Waals surface area contributed by atoms with Crippen LogP contribution in [0.15, 0.2) is 42.6 Å². The van der Waals surface area contributed by atoms with E-state index in [1.165, 1.54) is 89.2 Å². The molecule has 4 aromatic rings. The van der Waals surface area contributed by atoms with Gasteiger partial charge >= 0.3 is 0 Å². The summed E-state index contributed by atoms with van der Waals surface area (Å²) in [5.74, 6) is 13.3. The van der Waals surface area contributed by atoms with Crippen LogP contribution in [-0.4, -0.2) is 87.9 Å². The number of nitrogens with one attached hydrogen (secondary N) is 1. The van der Waals surface area contributed by atoms with Gasteiger partial charge in [0.05, 0.1) is 55.0 Å². The molecule has 0 unspecified atom stereocenters. The maximum absolute atomic E-state index is 14.0. The molecule has 13 aliphatic rings. The molecule has 0 saturated heterocycles. The zero-order valence-electron chi connectivity index (χ0n) is 63.2. The first-order chi connectivity index (χ1) is 48.5. The van der Waals surface area contributed by atoms with Gasteiger partial charge in [-0.15, -0.1) is 0 Å². The van der Waals surface area contributed by atoms with Gasteiger partial charge in [0.2, 0.25) is 5.69 Å². The number of hydrogen-bond acceptors (Lipinski definition) is 11. The van der Waals surface area contributed by atoms with Crippen LogP contribution in [0.3, 0.4) is 0 Å². The van der Waals surface area contributed by atoms with Gasteiger partial charge < -0.3 is 25.4 Å². The number of carbonyl (C=O) groups is 3. The zero-order chi connectivity index (χ0) is 71.9. The number of carbonyl (C=O) groups excluding carboxylic acids is 3. The second-order valence-corrected chi connectivity index (χ2v) is 38.7. The Morgan fingerprint density at radius 3 is 1.42 bits per heavy atom. The number of hydrogen-bond donors (Lipinski definition) is 4. The van der Waals surface area contributed by atoms with Crippen LogP contribution in [0.4, 0.5) is 20.2 Å². The number of rotatable bonds is 12. The van der Waals surface area contributed by atoms with Gasteiger partial charge in [0.25, 0.3) is 0 Å². The van der Waals surface area contributed by atoms with Crippen LogP contribution in [0.5, 0.6) is 5.75 Å². The van der Waals surface area contributed by atoms with Crippen LogP contribution in [0, 0.1) is 159 Å². The van der Waals surface area contributed by atoms with E-state index in [9.17, 15) is 38.5 Å². The van der Waals surface area contributed by atoms with Gasteiger partial charge in [0.1, 0.15) is 35.0 Å². The molecule has 2 heterocycles. The molecule has 27 atom stereocenters. The number of methoxy groups -OCH3 is 1. The van der Waals surface area contributed by atoms with Crippen molar-refractivity contribution in [1.82, 2.24) is 24.8 Å². The fourth-order valence-corrected chi connectivity index (χ4v) is 28.2. The highest BCUT2D eigenvalue weighted by Gasteiger charge is 2.65. The molecule has 556 valence electrons. The minimum absolute atomic E-state index is 0.000674. The van der Waals surface area contributed by atoms with E-state index in [1.807, 2.05) is 45.2 Å². The lowest BCUT2D eigenvalue weighted by atomic mass is 9.48. The highest BCUT2D eigenvalue weighted by Crippen LogP contribution is 2.70. The first kappa shape index (κ1) is 72.5. The van der Waals surface area contributed by atoms with Crippen LogP contribution >= 0.6 is 0 Å². The predicted molar refractivity (Wildman–Crippen MR) is 392 cm³/mol. The summed E-state index contributed by atoms with van der Waals surface area (Å²) >= 11 is 0. The Morgan fingerprint density at radius 2 is 0.980 bits per heavy atom. The molecule has 13 aliphatic carbocycles. The third-order valence-electron chi connectivity index (χ3n) is 32.3. The monoisotopic (exact) mass is 1400 g/mol. The molecule has 16 heteroatoms. The van der Waals surface area contributed by atoms with Gasteiger partial charge in [-0.2, -0.15) is 20.1 Å². The molecule has 0 amide bonds. The summed E-state index contributed by atoms with van der Waals surface area (Å²) in [5, 5.41) is 48.7. The fraction of sp³-hybridized carbons (Fsp3) is 0.779. The van der Waals surface area contributed by atoms with Crippen LogP contribution in [0.2, 0.25) is 0 Å². The van der Waals surface area contributed by atoms with Crippen molar-refractivity contribution in [2.75, 3.05) is 19.0 Å². The standard InChI is InChI=1S/C29H41N3O3.C29H41N3O2.C28H39F2NO2/c1-17-13-23(26(33)16-32-30-24-8-6-19(35-4)14-25(24)31-32)29(3)12-10-21-20-9-11-28(2,34)15-18(20)5-7-22(21)27(17)29;1-17-13-23(25(33)16-32-15-24(30-4)27(31-32)18-5-6-18)29(3)12-10-21-20-9-11-28(2,34)14-19(20)7-8-22(21)26(17)29;1-16-12-22(25(32)15-31-24-7-5-18(29)13-23(24)30)28(3)11-9-20-19-8-10-27(2,33)14-17(19)4-6-21(20)26(16)28/h6,8,14,17-18,20-23,27,34H,5,7,9-13,15-16H2,1-4H3;15,17-23,26,34H,5-14,16H2,1-3H3;5,7,13,16-17,19-22,26,31,33H,4,6,8-12,14-15H2,1-3H3/t17-,18-,20+,21-,22-,23-,27+,28-,29-;17-,19-,20+,21-,22-,23-,26+,28-,29-;16-,17-,19+,20-,21-,22-,26+,27-,28-/m111/s1. The minimum atomic E-state index is -0.657. The van der Waals surface area contributed by atoms with Crippen molar-refractivity contribution in [3.8, 4) is 5.75 Å². The Morgan fingerprint density at radius 1 is 0.539 bits per heavy atom. The number of halogens is 2. The molecule has 2 aromatic carbocycles. The molecule has 0 radical (unpaired) electrons. The zero-order valence-corrected chi connectivity index (χ0v) is 63.2. The van der Waals surface area contributed by atoms with Gasteiger partial charge in [0.15, 0.2) is 17.3 Å². The summed E-state index contributed by atoms with van der Waals surface area (Å²) in [6.45, 7) is 28.6. The molecule has 2 aromatic heterocycles. The van der Waals surface area contributed by atoms with Crippen LogP contribution in [-0.2, 0) is 27.5 Å². The third kappa shape index (κ3) is 13.3. The van der Waals surface area contributed by atoms with Crippen molar-refractivity contribution in [2.24, 2.45) is 141 Å². The predicted octanol–water partition coefficient (Wildman–Crippen LogP) is 17.6. The van der Waals surface area contributed by atoms with E-state index in [1.54, 1.807) is 16.6 Å². The summed E-state index contributed by atoms with van der Waals surface area (Å²) in [7, 11) is 1.65. The van der Waals surface area contributed by atoms with E-state index in [-0.39, 0.29) is 58.6 Å². The number of fused-ring (bicyclic) bond motifs is 16. The SMILES string of the molecule is COc1ccc2nn(CC(=O)[C@H]3C[C@@H](C)[C@H]4[C@@H]5CC[C@@H]6C[C@](C)(O)CC[C@@H]6[C@H]5CC[C@@]43C)nc2c1.C[C@@H]1C[C@H](C(=O)CNc2ccc(F)cc2F)[C@@]2(C)CC[C@H]3[C@@H](CC[C@@H]4C[C@](C)(O)CC[C@@H]43)[C@H]12.[C-]#[N+]c1cn(CC(=O)[C@H]2C[C@@H](C)[C@H]3[C@@H]4CC[C@@H]5C[C@](C)(O)CC[C@@H]5[C@H]4CC[C@@]32C)nc1C1CC1. The third-order valence-corrected chi connectivity index (χ3v) is 32.3. The summed E-state index contributed by atoms with van der Waals surface area (Å²) < 4.78 is 34.3. The Labute approximate surface area is 606 Å². The number of aliphatic hydroxyl groups is 3. The highest BCUT2D eigenvalue weighted by molar-refractivity contribution is 5.86. The maximum Gasteiger partial charge on any atom is 0.227 e. The Kier molecular flexibility index (Phi) is 19.4. The lowest BCUT2D eigenvalue weighted by Crippen LogP contribution is -2.52. The van der Waals surface area contributed by atoms with Crippen LogP contribution in [0.25, 0.3) is 15.9 Å². The second kappa shape index (κ2) is 27.3. The first-order valence-electron chi connectivity index (χ1n) is 40.8. The number of ketones is 3. The van der Waals surface area contributed by atoms with E-state index < -0.39 is 28.4 Å². The molecular weight excluding hydrogens is 1280 g/mol. The van der Waals surface area contributed by atoms with Crippen molar-refractivity contribution >= 4 is 39.8 Å². The molecule has 102 heavy (non-hydrogen) atoms. The number of benzene rings is 2. The van der Waals surface area contributed by atoms with E-state index in [0.717, 1.165) is 166 Å². The molecule has 0 bridgehead atoms. The van der Waals surface area contributed by atoms with Crippen molar-refractivity contribution in [3.63, 3.8) is 0 Å². The smallest absolute Gasteiger partial charge is 0.227 e. The van der Waals surface area contributed by atoms with Gasteiger partial charge in [-0.25, -0.2) is 13.6 Å². The summed E-state index contributed by atoms with van der Waals surface area (Å²) in [5.41, 5.74) is 2.07. The number of nitrogens with zero attached hydrogens (tertiary/aromatic N) is 6. The minimum Gasteiger partial charge on any atom is -0.497 e. The fourth-order valence-electron chi connectivity index (χ4n) is 28.2. The molecule has 14 nitrogen and oxygen atoms in total. The largest absolute Gasteiger partial charge is 0.497 e. The van der Waals surface area contributed by atoms with E-state index in [4.69, 9.17) is 11.3 Å². The van der Waals surface area contributed by atoms with Crippen molar-refractivity contribution in [1.29, 1.82) is 0 Å². The Hall–Kier alpha value is -5.11. The van der Waals surface area contributed by atoms with Gasteiger partial charge in [-0.3, -0.25) is 19.1 Å². The quantitative estimate of drug-likeness (QED) is 0.0989. The normalized spacial score (nSPS) is 44.3. The molecule has 13 saturated carbocycles. The maximum atomic E-state index is 14.0. The lowest BCUT2D eigenvalue weighted by Gasteiger charge is -2.57. The van der Waals surface area contributed by atoms with E-state index >= 15 is 0 Å². The van der Waals surface area contributed by atoms with Crippen LogP contribution in [0.1, 0.15) is 241 Å². The molecule has 0 spiro atoms. The number of Topliss-reactive ketones (excluding diaryl/α,β-unsaturated/α-hetero) is 3. The van der Waals surface area contributed by atoms with Crippen molar-refractivity contribution < 1.29 is 43.2 Å². The van der Waals surface area contributed by atoms with Gasteiger partial charge in [0, 0.05) is 36.1 Å². The number of aromatic nitrogens is 5. The van der Waals surface area contributed by atoms with Crippen molar-refractivity contribution in [2.45, 2.75) is 265 Å². The summed E-state index contributed by atoms with van der Waals surface area (Å²) in [4.78, 5) is 46.1. The Balaban J connectivity index is 0.000000124. The van der Waals surface area contributed by atoms with E-state index in [0.29, 0.717) is 88.9 Å². The van der Waals surface area contributed by atoms with Crippen LogP contribution < -0.4 is 10.1 Å². The number of ether oxygens (including phenoxy) is 1. The Bertz CT molecular complexity index is 3830. The second-order valence-electron chi connectivity index (χ2n) is 38.7. The average Bonchev–Trinajstić information content (AvgIpc) is 1.50. The molecule has 13 fully saturated rings. The molecule has 17 rings (SSSR count). The highest BCUT2D eigenvalue weighted by atomic mass is 19.1. The lowest BCUT2D eigenvalue weighted by molar-refractivity contribution is -0.134. The van der Waals surface area contributed by atoms with Gasteiger partial charge in [-0.05, 0) is 341 Å². The van der Waals surface area contributed by atoms with Crippen molar-refractivity contribution in [3.05, 3.63) is 71.3 Å². The molecule has 0 aliphatic heterocycles. The summed E-state index contributed by atoms with van der Waals surface area (Å²) in [6.07, 6.45) is 30.9. The first-order valence-corrected chi connectivity index (χ1v) is 40.8. The molecular formula is C86H121F2N7O7. The van der Waals surface area contributed by atoms with Gasteiger partial charge in [-0.1, -0.05) is 41.5 Å². The number of anilines is 1. The summed E-state index contributed by atoms with van der Waals surface area (Å²) in [6, 6.07) is 9.09. The topological polar surface area (TPSA) is 186 Å². The average molecular weight is 1400 g/mol. The van der Waals surface area contributed by atoms with E-state index in [2.05, 4.69) is 67.0 Å².